The zero-order valence-corrected chi connectivity index (χ0v) is 5.94. The minimum atomic E-state index is -4.39. The summed E-state index contributed by atoms with van der Waals surface area (Å²) >= 11 is 12.6. The van der Waals surface area contributed by atoms with Crippen molar-refractivity contribution in [3.8, 4) is 0 Å². The molecule has 0 fully saturated rings. The molecule has 0 aromatic heterocycles. The molecule has 0 amide bonds. The van der Waals surface area contributed by atoms with E-state index in [0.717, 1.165) is 0 Å². The Labute approximate surface area is 63.8 Å². The summed E-state index contributed by atoms with van der Waals surface area (Å²) in [6.45, 7) is 0. The van der Waals surface area contributed by atoms with Gasteiger partial charge < -0.3 is 0 Å². The van der Waals surface area contributed by atoms with Gasteiger partial charge in [-0.2, -0.15) is 13.2 Å². The summed E-state index contributed by atoms with van der Waals surface area (Å²) in [5, 5.41) is 0. The monoisotopic (exact) mass is 202 g/mol. The van der Waals surface area contributed by atoms with E-state index in [1.165, 1.54) is 0 Å². The average molecular weight is 203 g/mol. The van der Waals surface area contributed by atoms with Crippen LogP contribution in [0.4, 0.5) is 13.2 Å². The molecule has 0 aromatic carbocycles. The number of rotatable bonds is 2. The normalized spacial score (nSPS) is 14.0. The van der Waals surface area contributed by atoms with Crippen LogP contribution in [0.2, 0.25) is 0 Å². The van der Waals surface area contributed by atoms with Crippen molar-refractivity contribution in [1.29, 1.82) is 0 Å². The van der Waals surface area contributed by atoms with Gasteiger partial charge in [0.25, 0.3) is 0 Å². The lowest BCUT2D eigenvalue weighted by atomic mass is 10.7. The fourth-order valence-corrected chi connectivity index (χ4v) is 0.306. The summed E-state index contributed by atoms with van der Waals surface area (Å²) in [4.78, 5) is 0. The van der Waals surface area contributed by atoms with Crippen LogP contribution in [0.15, 0.2) is 0 Å². The van der Waals surface area contributed by atoms with Crippen molar-refractivity contribution in [3.05, 3.63) is 0 Å². The molecule has 0 N–H and O–H groups in total. The molecule has 0 heterocycles. The smallest absolute Gasteiger partial charge is 0.204 e. The first-order valence-corrected chi connectivity index (χ1v) is 2.62. The van der Waals surface area contributed by atoms with Gasteiger partial charge in [0.1, 0.15) is 0 Å². The summed E-state index contributed by atoms with van der Waals surface area (Å²) in [6, 6.07) is 0. The van der Waals surface area contributed by atoms with Gasteiger partial charge in [0, 0.05) is 0 Å². The topological polar surface area (TPSA) is 9.23 Å². The van der Waals surface area contributed by atoms with Crippen LogP contribution < -0.4 is 0 Å². The first kappa shape index (κ1) is 9.62. The summed E-state index contributed by atoms with van der Waals surface area (Å²) in [6.07, 6.45) is -4.39. The highest BCUT2D eigenvalue weighted by molar-refractivity contribution is 6.47. The fourth-order valence-electron chi connectivity index (χ4n) is 0.0437. The first-order chi connectivity index (χ1) is 3.81. The van der Waals surface area contributed by atoms with Gasteiger partial charge in [0.05, 0.1) is 11.9 Å². The molecule has 0 aliphatic heterocycles. The van der Waals surface area contributed by atoms with Crippen molar-refractivity contribution < 1.29 is 17.5 Å². The molecule has 7 heteroatoms. The van der Waals surface area contributed by atoms with Gasteiger partial charge in [-0.3, -0.25) is 0 Å². The van der Waals surface area contributed by atoms with Crippen LogP contribution in [0.3, 0.4) is 0 Å². The van der Waals surface area contributed by atoms with E-state index in [0.29, 0.717) is 0 Å². The van der Waals surface area contributed by atoms with Crippen molar-refractivity contribution in [3.63, 3.8) is 0 Å². The molecule has 0 spiro atoms. The van der Waals surface area contributed by atoms with Crippen molar-refractivity contribution in [1.82, 2.24) is 0 Å². The zero-order chi connectivity index (χ0) is 7.71. The lowest BCUT2D eigenvalue weighted by Crippen LogP contribution is -2.34. The van der Waals surface area contributed by atoms with E-state index in [-0.39, 0.29) is 0 Å². The molecule has 56 valence electrons. The summed E-state index contributed by atoms with van der Waals surface area (Å²) < 4.78 is 34.1. The Morgan fingerprint density at radius 1 is 1.11 bits per heavy atom. The van der Waals surface area contributed by atoms with Crippen LogP contribution in [-0.2, 0) is 4.29 Å². The van der Waals surface area contributed by atoms with Gasteiger partial charge in [-0.15, -0.1) is 0 Å². The van der Waals surface area contributed by atoms with E-state index >= 15 is 0 Å². The summed E-state index contributed by atoms with van der Waals surface area (Å²) in [5.74, 6) is 0. The molecule has 0 bridgehead atoms. The Morgan fingerprint density at radius 3 is 1.44 bits per heavy atom. The number of hydrogen-bond donors (Lipinski definition) is 0. The predicted octanol–water partition coefficient (Wildman–Crippen LogP) is 2.85. The molecule has 0 atom stereocenters. The standard InChI is InChI=1S/C2Cl3F3O/c3-1(4,6)2(7,8)9-5. The van der Waals surface area contributed by atoms with Crippen LogP contribution in [-0.4, -0.2) is 10.7 Å². The fraction of sp³-hybridized carbons (Fsp3) is 1.00. The Morgan fingerprint density at radius 2 is 1.44 bits per heavy atom. The Bertz CT molecular complexity index is 99.7. The number of alkyl halides is 5. The summed E-state index contributed by atoms with van der Waals surface area (Å²) in [7, 11) is 0. The van der Waals surface area contributed by atoms with Gasteiger partial charge in [-0.1, -0.05) is 23.2 Å². The molecule has 0 rings (SSSR count). The molecule has 0 unspecified atom stereocenters. The highest BCUT2D eigenvalue weighted by Crippen LogP contribution is 2.41. The zero-order valence-electron chi connectivity index (χ0n) is 3.68. The van der Waals surface area contributed by atoms with Gasteiger partial charge in [-0.05, 0) is 0 Å². The van der Waals surface area contributed by atoms with E-state index in [1.54, 1.807) is 0 Å². The lowest BCUT2D eigenvalue weighted by Gasteiger charge is -2.17. The maximum Gasteiger partial charge on any atom is 0.433 e. The average Bonchev–Trinajstić information content (AvgIpc) is 1.64. The highest BCUT2D eigenvalue weighted by atomic mass is 35.5. The van der Waals surface area contributed by atoms with Gasteiger partial charge in [-0.25, -0.2) is 4.29 Å². The lowest BCUT2D eigenvalue weighted by molar-refractivity contribution is -0.209. The SMILES string of the molecule is FC(Cl)(Cl)C(F)(F)OCl. The molecule has 0 radical (unpaired) electrons. The second kappa shape index (κ2) is 2.70. The molecule has 0 aromatic rings. The van der Waals surface area contributed by atoms with Gasteiger partial charge >= 0.3 is 10.7 Å². The van der Waals surface area contributed by atoms with Crippen molar-refractivity contribution in [2.45, 2.75) is 10.7 Å². The van der Waals surface area contributed by atoms with Crippen LogP contribution in [0.25, 0.3) is 0 Å². The second-order valence-corrected chi connectivity index (χ2v) is 2.48. The largest absolute Gasteiger partial charge is 0.433 e. The minimum Gasteiger partial charge on any atom is -0.204 e. The van der Waals surface area contributed by atoms with Crippen LogP contribution in [0, 0.1) is 0 Å². The Balaban J connectivity index is 4.14. The quantitative estimate of drug-likeness (QED) is 0.627. The van der Waals surface area contributed by atoms with E-state index < -0.39 is 10.7 Å². The van der Waals surface area contributed by atoms with Gasteiger partial charge in [0.2, 0.25) is 0 Å². The third-order valence-corrected chi connectivity index (χ3v) is 1.06. The molecular weight excluding hydrogens is 203 g/mol. The highest BCUT2D eigenvalue weighted by Gasteiger charge is 2.55. The van der Waals surface area contributed by atoms with E-state index in [4.69, 9.17) is 0 Å². The molecule has 1 nitrogen and oxygen atoms in total. The maximum absolute atomic E-state index is 11.7. The third kappa shape index (κ3) is 2.37. The van der Waals surface area contributed by atoms with Crippen LogP contribution >= 0.6 is 35.1 Å². The molecule has 9 heavy (non-hydrogen) atoms. The van der Waals surface area contributed by atoms with Crippen molar-refractivity contribution in [2.75, 3.05) is 0 Å². The van der Waals surface area contributed by atoms with Crippen LogP contribution in [0.1, 0.15) is 0 Å². The minimum absolute atomic E-state index is 2.80. The van der Waals surface area contributed by atoms with E-state index in [1.807, 2.05) is 0 Å². The molecule has 0 aliphatic rings. The number of hydrogen-bond acceptors (Lipinski definition) is 1. The molecule has 0 aliphatic carbocycles. The molecule has 0 saturated carbocycles. The van der Waals surface area contributed by atoms with Crippen molar-refractivity contribution in [2.24, 2.45) is 0 Å². The maximum atomic E-state index is 11.7. The van der Waals surface area contributed by atoms with Gasteiger partial charge in [0.15, 0.2) is 0 Å². The number of halogens is 6. The first-order valence-electron chi connectivity index (χ1n) is 1.55. The predicted molar refractivity (Wildman–Crippen MR) is 27.4 cm³/mol. The van der Waals surface area contributed by atoms with E-state index in [9.17, 15) is 13.2 Å². The third-order valence-electron chi connectivity index (χ3n) is 0.427. The Kier molecular flexibility index (Phi) is 2.88. The Hall–Kier alpha value is 0.620. The van der Waals surface area contributed by atoms with E-state index in [2.05, 4.69) is 39.4 Å². The van der Waals surface area contributed by atoms with Crippen molar-refractivity contribution >= 4 is 35.1 Å². The molecular formula is C2Cl3F3O. The van der Waals surface area contributed by atoms with Crippen LogP contribution in [0.5, 0.6) is 0 Å². The summed E-state index contributed by atoms with van der Waals surface area (Å²) in [5.41, 5.74) is 0. The second-order valence-electron chi connectivity index (χ2n) is 1.09. The molecule has 0 saturated heterocycles.